The van der Waals surface area contributed by atoms with Gasteiger partial charge in [-0.1, -0.05) is 6.07 Å². The fraction of sp³-hybridized carbons (Fsp3) is 0. The normalized spacial score (nSPS) is 10.1. The van der Waals surface area contributed by atoms with Gasteiger partial charge in [0.25, 0.3) is 0 Å². The molecular weight excluding hydrogens is 336 g/mol. The van der Waals surface area contributed by atoms with E-state index in [1.54, 1.807) is 0 Å². The first-order valence-electron chi connectivity index (χ1n) is 6.60. The Kier molecular flexibility index (Phi) is 4.69. The zero-order valence-electron chi connectivity index (χ0n) is 12.3. The number of carboxylic acids is 4. The predicted octanol–water partition coefficient (Wildman–Crippen LogP) is 2.27. The van der Waals surface area contributed by atoms with Gasteiger partial charge in [-0.3, -0.25) is 0 Å². The molecule has 2 aromatic rings. The minimum atomic E-state index is -1.58. The summed E-state index contributed by atoms with van der Waals surface area (Å²) in [6.45, 7) is 0. The molecule has 0 aliphatic rings. The SMILES string of the molecule is O=C(O)c1ccc(Oc2cccc(C(=O)O)c2C(=O)O)c(C(=O)O)c1. The largest absolute Gasteiger partial charge is 0.478 e. The van der Waals surface area contributed by atoms with Crippen molar-refractivity contribution in [2.45, 2.75) is 0 Å². The van der Waals surface area contributed by atoms with E-state index in [1.807, 2.05) is 0 Å². The molecule has 0 aromatic heterocycles. The second kappa shape index (κ2) is 6.71. The number of carbonyl (C=O) groups is 4. The van der Waals surface area contributed by atoms with Gasteiger partial charge in [-0.2, -0.15) is 0 Å². The van der Waals surface area contributed by atoms with Gasteiger partial charge in [-0.25, -0.2) is 19.2 Å². The van der Waals surface area contributed by atoms with Crippen LogP contribution in [-0.4, -0.2) is 44.3 Å². The Balaban J connectivity index is 2.59. The van der Waals surface area contributed by atoms with Gasteiger partial charge in [0.1, 0.15) is 22.6 Å². The Labute approximate surface area is 139 Å². The van der Waals surface area contributed by atoms with Gasteiger partial charge in [0.15, 0.2) is 0 Å². The molecule has 0 atom stereocenters. The Morgan fingerprint density at radius 3 is 1.84 bits per heavy atom. The third-order valence-electron chi connectivity index (χ3n) is 3.15. The van der Waals surface area contributed by atoms with Crippen LogP contribution >= 0.6 is 0 Å². The molecule has 0 saturated heterocycles. The molecule has 0 radical (unpaired) electrons. The van der Waals surface area contributed by atoms with Gasteiger partial charge >= 0.3 is 23.9 Å². The maximum Gasteiger partial charge on any atom is 0.340 e. The zero-order chi connectivity index (χ0) is 18.7. The van der Waals surface area contributed by atoms with E-state index in [0.717, 1.165) is 30.3 Å². The molecule has 4 N–H and O–H groups in total. The molecule has 0 aliphatic heterocycles. The molecule has 0 amide bonds. The fourth-order valence-corrected chi connectivity index (χ4v) is 2.05. The van der Waals surface area contributed by atoms with E-state index >= 15 is 0 Å². The van der Waals surface area contributed by atoms with Crippen molar-refractivity contribution in [3.05, 3.63) is 58.7 Å². The molecule has 0 aliphatic carbocycles. The summed E-state index contributed by atoms with van der Waals surface area (Å²) in [4.78, 5) is 44.7. The van der Waals surface area contributed by atoms with Crippen LogP contribution in [0.2, 0.25) is 0 Å². The second-order valence-corrected chi connectivity index (χ2v) is 4.71. The first-order valence-corrected chi connectivity index (χ1v) is 6.60. The van der Waals surface area contributed by atoms with Crippen molar-refractivity contribution >= 4 is 23.9 Å². The molecule has 25 heavy (non-hydrogen) atoms. The lowest BCUT2D eigenvalue weighted by Crippen LogP contribution is -2.10. The lowest BCUT2D eigenvalue weighted by Gasteiger charge is -2.13. The lowest BCUT2D eigenvalue weighted by molar-refractivity contribution is 0.0648. The van der Waals surface area contributed by atoms with Crippen LogP contribution in [0.4, 0.5) is 0 Å². The number of ether oxygens (including phenoxy) is 1. The van der Waals surface area contributed by atoms with Crippen molar-refractivity contribution in [2.24, 2.45) is 0 Å². The van der Waals surface area contributed by atoms with Crippen LogP contribution in [0, 0.1) is 0 Å². The van der Waals surface area contributed by atoms with Crippen molar-refractivity contribution in [2.75, 3.05) is 0 Å². The third kappa shape index (κ3) is 3.55. The van der Waals surface area contributed by atoms with Gasteiger partial charge in [0.2, 0.25) is 0 Å². The van der Waals surface area contributed by atoms with Crippen molar-refractivity contribution < 1.29 is 44.3 Å². The molecule has 2 aromatic carbocycles. The van der Waals surface area contributed by atoms with Gasteiger partial charge in [-0.15, -0.1) is 0 Å². The minimum Gasteiger partial charge on any atom is -0.478 e. The van der Waals surface area contributed by atoms with Gasteiger partial charge in [0.05, 0.1) is 11.1 Å². The summed E-state index contributed by atoms with van der Waals surface area (Å²) in [5, 5.41) is 36.4. The fourth-order valence-electron chi connectivity index (χ4n) is 2.05. The highest BCUT2D eigenvalue weighted by atomic mass is 16.5. The molecule has 0 heterocycles. The maximum absolute atomic E-state index is 11.4. The van der Waals surface area contributed by atoms with Crippen LogP contribution in [0.25, 0.3) is 0 Å². The molecule has 0 saturated carbocycles. The third-order valence-corrected chi connectivity index (χ3v) is 3.15. The Hall–Kier alpha value is -3.88. The summed E-state index contributed by atoms with van der Waals surface area (Å²) in [6.07, 6.45) is 0. The second-order valence-electron chi connectivity index (χ2n) is 4.71. The predicted molar refractivity (Wildman–Crippen MR) is 80.8 cm³/mol. The van der Waals surface area contributed by atoms with E-state index < -0.39 is 46.3 Å². The van der Waals surface area contributed by atoms with E-state index in [0.29, 0.717) is 0 Å². The Morgan fingerprint density at radius 2 is 1.32 bits per heavy atom. The highest BCUT2D eigenvalue weighted by Gasteiger charge is 2.23. The number of benzene rings is 2. The van der Waals surface area contributed by atoms with Crippen LogP contribution in [0.5, 0.6) is 11.5 Å². The first-order chi connectivity index (χ1) is 11.7. The molecule has 9 nitrogen and oxygen atoms in total. The van der Waals surface area contributed by atoms with Gasteiger partial charge in [0, 0.05) is 0 Å². The quantitative estimate of drug-likeness (QED) is 0.615. The van der Waals surface area contributed by atoms with Gasteiger partial charge < -0.3 is 25.2 Å². The topological polar surface area (TPSA) is 158 Å². The van der Waals surface area contributed by atoms with Crippen LogP contribution in [0.3, 0.4) is 0 Å². The highest BCUT2D eigenvalue weighted by Crippen LogP contribution is 2.31. The Morgan fingerprint density at radius 1 is 0.680 bits per heavy atom. The van der Waals surface area contributed by atoms with Crippen LogP contribution < -0.4 is 4.74 Å². The van der Waals surface area contributed by atoms with E-state index in [4.69, 9.17) is 14.9 Å². The summed E-state index contributed by atoms with van der Waals surface area (Å²) in [5.74, 6) is -6.65. The number of carboxylic acid groups (broad SMARTS) is 4. The van der Waals surface area contributed by atoms with Crippen molar-refractivity contribution in [1.82, 2.24) is 0 Å². The molecule has 0 spiro atoms. The van der Waals surface area contributed by atoms with Gasteiger partial charge in [-0.05, 0) is 30.3 Å². The van der Waals surface area contributed by atoms with Crippen molar-refractivity contribution in [3.8, 4) is 11.5 Å². The van der Waals surface area contributed by atoms with Crippen LogP contribution in [-0.2, 0) is 0 Å². The van der Waals surface area contributed by atoms with E-state index in [9.17, 15) is 29.4 Å². The van der Waals surface area contributed by atoms with E-state index in [2.05, 4.69) is 0 Å². The van der Waals surface area contributed by atoms with E-state index in [-0.39, 0.29) is 11.3 Å². The van der Waals surface area contributed by atoms with E-state index in [1.165, 1.54) is 6.07 Å². The summed E-state index contributed by atoms with van der Waals surface area (Å²) >= 11 is 0. The monoisotopic (exact) mass is 346 g/mol. The summed E-state index contributed by atoms with van der Waals surface area (Å²) in [5.41, 5.74) is -2.02. The van der Waals surface area contributed by atoms with Crippen LogP contribution in [0.1, 0.15) is 41.4 Å². The first kappa shape index (κ1) is 17.5. The van der Waals surface area contributed by atoms with Crippen LogP contribution in [0.15, 0.2) is 36.4 Å². The minimum absolute atomic E-state index is 0.303. The number of rotatable bonds is 6. The zero-order valence-corrected chi connectivity index (χ0v) is 12.3. The summed E-state index contributed by atoms with van der Waals surface area (Å²) < 4.78 is 5.27. The Bertz CT molecular complexity index is 898. The number of aromatic carboxylic acids is 4. The molecular formula is C16H10O9. The summed E-state index contributed by atoms with van der Waals surface area (Å²) in [7, 11) is 0. The smallest absolute Gasteiger partial charge is 0.340 e. The lowest BCUT2D eigenvalue weighted by atomic mass is 10.1. The maximum atomic E-state index is 11.4. The average molecular weight is 346 g/mol. The molecule has 9 heteroatoms. The number of hydrogen-bond donors (Lipinski definition) is 4. The molecule has 0 fully saturated rings. The summed E-state index contributed by atoms with van der Waals surface area (Å²) in [6, 6.07) is 6.42. The molecule has 2 rings (SSSR count). The standard InChI is InChI=1S/C16H10O9/c17-13(18)7-4-5-10(9(6-7)15(21)22)25-11-3-1-2-8(14(19)20)12(11)16(23)24/h1-6H,(H,17,18)(H,19,20)(H,21,22)(H,23,24). The molecule has 128 valence electrons. The van der Waals surface area contributed by atoms with Crippen molar-refractivity contribution in [3.63, 3.8) is 0 Å². The average Bonchev–Trinajstić information content (AvgIpc) is 2.54. The molecule has 0 bridgehead atoms. The molecule has 0 unspecified atom stereocenters. The highest BCUT2D eigenvalue weighted by molar-refractivity contribution is 6.04. The van der Waals surface area contributed by atoms with Crippen molar-refractivity contribution in [1.29, 1.82) is 0 Å². The number of hydrogen-bond acceptors (Lipinski definition) is 5.